The molecule has 152 valence electrons. The normalized spacial score (nSPS) is 10.5. The average molecular weight is 395 g/mol. The van der Waals surface area contributed by atoms with Crippen LogP contribution in [-0.2, 0) is 17.6 Å². The summed E-state index contributed by atoms with van der Waals surface area (Å²) in [6.07, 6.45) is 0.922. The largest absolute Gasteiger partial charge is 0.497 e. The quantitative estimate of drug-likeness (QED) is 0.605. The predicted octanol–water partition coefficient (Wildman–Crippen LogP) is 3.85. The van der Waals surface area contributed by atoms with Crippen molar-refractivity contribution in [3.63, 3.8) is 0 Å². The zero-order valence-corrected chi connectivity index (χ0v) is 17.0. The number of hydrogen-bond acceptors (Lipinski definition) is 5. The molecule has 0 atom stereocenters. The smallest absolute Gasteiger partial charge is 0.228 e. The first-order chi connectivity index (χ1) is 14.1. The van der Waals surface area contributed by atoms with E-state index in [2.05, 4.69) is 15.5 Å². The third-order valence-electron chi connectivity index (χ3n) is 4.62. The van der Waals surface area contributed by atoms with Gasteiger partial charge in [-0.2, -0.15) is 5.10 Å². The zero-order valence-electron chi connectivity index (χ0n) is 17.0. The van der Waals surface area contributed by atoms with Crippen LogP contribution in [0, 0.1) is 0 Å². The Morgan fingerprint density at radius 1 is 1.03 bits per heavy atom. The van der Waals surface area contributed by atoms with Gasteiger partial charge < -0.3 is 19.5 Å². The number of aromatic amines is 1. The number of nitrogens with one attached hydrogen (secondary N) is 2. The van der Waals surface area contributed by atoms with Crippen LogP contribution in [0.2, 0.25) is 0 Å². The van der Waals surface area contributed by atoms with Gasteiger partial charge in [0.2, 0.25) is 5.91 Å². The van der Waals surface area contributed by atoms with Crippen molar-refractivity contribution in [1.29, 1.82) is 0 Å². The van der Waals surface area contributed by atoms with Crippen LogP contribution in [0.25, 0.3) is 11.3 Å². The second-order valence-electron chi connectivity index (χ2n) is 6.42. The number of methoxy groups -OCH3 is 3. The van der Waals surface area contributed by atoms with Gasteiger partial charge in [0.05, 0.1) is 39.1 Å². The Hall–Kier alpha value is -3.48. The highest BCUT2D eigenvalue weighted by Crippen LogP contribution is 2.37. The molecule has 7 nitrogen and oxygen atoms in total. The number of amides is 1. The molecule has 0 unspecified atom stereocenters. The average Bonchev–Trinajstić information content (AvgIpc) is 3.15. The molecule has 3 rings (SSSR count). The molecule has 0 spiro atoms. The minimum Gasteiger partial charge on any atom is -0.497 e. The Morgan fingerprint density at radius 3 is 2.48 bits per heavy atom. The van der Waals surface area contributed by atoms with Gasteiger partial charge in [0.25, 0.3) is 0 Å². The first kappa shape index (κ1) is 20.3. The molecule has 0 fully saturated rings. The van der Waals surface area contributed by atoms with Crippen LogP contribution < -0.4 is 19.5 Å². The molecule has 0 saturated carbocycles. The summed E-state index contributed by atoms with van der Waals surface area (Å²) in [5, 5.41) is 10.5. The third-order valence-corrected chi connectivity index (χ3v) is 4.62. The molecule has 0 aliphatic heterocycles. The molecule has 2 aromatic carbocycles. The summed E-state index contributed by atoms with van der Waals surface area (Å²) < 4.78 is 16.0. The van der Waals surface area contributed by atoms with E-state index in [9.17, 15) is 4.79 Å². The molecule has 0 radical (unpaired) electrons. The van der Waals surface area contributed by atoms with Crippen LogP contribution >= 0.6 is 0 Å². The van der Waals surface area contributed by atoms with Crippen molar-refractivity contribution in [2.75, 3.05) is 26.6 Å². The summed E-state index contributed by atoms with van der Waals surface area (Å²) >= 11 is 0. The number of ether oxygens (including phenoxy) is 3. The fourth-order valence-electron chi connectivity index (χ4n) is 3.11. The minimum absolute atomic E-state index is 0.136. The summed E-state index contributed by atoms with van der Waals surface area (Å²) in [5.74, 6) is 1.88. The van der Waals surface area contributed by atoms with E-state index in [4.69, 9.17) is 14.2 Å². The highest BCUT2D eigenvalue weighted by atomic mass is 16.5. The van der Waals surface area contributed by atoms with Crippen LogP contribution in [0.5, 0.6) is 17.2 Å². The molecule has 3 aromatic rings. The maximum Gasteiger partial charge on any atom is 0.228 e. The molecule has 29 heavy (non-hydrogen) atoms. The second kappa shape index (κ2) is 9.14. The second-order valence-corrected chi connectivity index (χ2v) is 6.42. The first-order valence-corrected chi connectivity index (χ1v) is 9.32. The Balaban J connectivity index is 1.90. The van der Waals surface area contributed by atoms with Crippen LogP contribution in [0.3, 0.4) is 0 Å². The molecule has 1 aromatic heterocycles. The molecule has 0 saturated heterocycles. The van der Waals surface area contributed by atoms with Crippen LogP contribution in [0.4, 0.5) is 5.69 Å². The lowest BCUT2D eigenvalue weighted by Gasteiger charge is -2.12. The highest BCUT2D eigenvalue weighted by Gasteiger charge is 2.20. The summed E-state index contributed by atoms with van der Waals surface area (Å²) in [6.45, 7) is 2.00. The van der Waals surface area contributed by atoms with Gasteiger partial charge >= 0.3 is 0 Å². The lowest BCUT2D eigenvalue weighted by molar-refractivity contribution is -0.115. The van der Waals surface area contributed by atoms with Crippen molar-refractivity contribution in [1.82, 2.24) is 10.2 Å². The Morgan fingerprint density at radius 2 is 1.79 bits per heavy atom. The summed E-state index contributed by atoms with van der Waals surface area (Å²) in [5.41, 5.74) is 3.76. The number of aryl methyl sites for hydroxylation is 1. The van der Waals surface area contributed by atoms with E-state index in [0.717, 1.165) is 22.6 Å². The van der Waals surface area contributed by atoms with Gasteiger partial charge in [-0.05, 0) is 36.2 Å². The van der Waals surface area contributed by atoms with Gasteiger partial charge in [0.1, 0.15) is 22.9 Å². The number of nitrogens with zero attached hydrogens (tertiary/aromatic N) is 1. The number of hydrogen-bond donors (Lipinski definition) is 2. The molecular weight excluding hydrogens is 370 g/mol. The van der Waals surface area contributed by atoms with Crippen molar-refractivity contribution in [2.45, 2.75) is 19.8 Å². The number of carbonyl (C=O) groups is 1. The summed E-state index contributed by atoms with van der Waals surface area (Å²) in [6, 6.07) is 12.9. The summed E-state index contributed by atoms with van der Waals surface area (Å²) in [4.78, 5) is 12.7. The number of carbonyl (C=O) groups excluding carboxylic acids is 1. The fourth-order valence-corrected chi connectivity index (χ4v) is 3.11. The van der Waals surface area contributed by atoms with Gasteiger partial charge in [0.15, 0.2) is 0 Å². The van der Waals surface area contributed by atoms with Crippen LogP contribution in [-0.4, -0.2) is 37.4 Å². The monoisotopic (exact) mass is 395 g/mol. The van der Waals surface area contributed by atoms with Gasteiger partial charge in [0, 0.05) is 11.6 Å². The van der Waals surface area contributed by atoms with Crippen molar-refractivity contribution in [3.05, 3.63) is 53.7 Å². The van der Waals surface area contributed by atoms with Crippen molar-refractivity contribution in [3.8, 4) is 28.5 Å². The number of rotatable bonds is 8. The topological polar surface area (TPSA) is 85.5 Å². The molecule has 7 heteroatoms. The van der Waals surface area contributed by atoms with E-state index >= 15 is 0 Å². The SMILES string of the molecule is CCc1[nH]nc(-c2ccc(OC)cc2OC)c1NC(=O)Cc1cccc(OC)c1. The van der Waals surface area contributed by atoms with Crippen molar-refractivity contribution >= 4 is 11.6 Å². The number of aromatic nitrogens is 2. The minimum atomic E-state index is -0.136. The van der Waals surface area contributed by atoms with Crippen LogP contribution in [0.1, 0.15) is 18.2 Å². The van der Waals surface area contributed by atoms with Gasteiger partial charge in [-0.3, -0.25) is 9.89 Å². The summed E-state index contributed by atoms with van der Waals surface area (Å²) in [7, 11) is 4.79. The molecule has 1 amide bonds. The molecule has 2 N–H and O–H groups in total. The van der Waals surface area contributed by atoms with E-state index in [1.54, 1.807) is 27.4 Å². The van der Waals surface area contributed by atoms with Gasteiger partial charge in [-0.15, -0.1) is 0 Å². The lowest BCUT2D eigenvalue weighted by atomic mass is 10.1. The van der Waals surface area contributed by atoms with E-state index in [1.807, 2.05) is 43.3 Å². The standard InChI is InChI=1S/C22H25N3O4/c1-5-18-22(23-20(26)12-14-7-6-8-15(11-14)27-2)21(25-24-18)17-10-9-16(28-3)13-19(17)29-4/h6-11,13H,5,12H2,1-4H3,(H,23,26)(H,24,25). The van der Waals surface area contributed by atoms with Crippen LogP contribution in [0.15, 0.2) is 42.5 Å². The van der Waals surface area contributed by atoms with Gasteiger partial charge in [-0.25, -0.2) is 0 Å². The van der Waals surface area contributed by atoms with E-state index in [1.165, 1.54) is 0 Å². The molecule has 1 heterocycles. The van der Waals surface area contributed by atoms with E-state index < -0.39 is 0 Å². The third kappa shape index (κ3) is 4.51. The maximum absolute atomic E-state index is 12.7. The Labute approximate surface area is 170 Å². The number of H-pyrrole nitrogens is 1. The molecular formula is C22H25N3O4. The first-order valence-electron chi connectivity index (χ1n) is 9.32. The lowest BCUT2D eigenvalue weighted by Crippen LogP contribution is -2.15. The maximum atomic E-state index is 12.7. The van der Waals surface area contributed by atoms with Gasteiger partial charge in [-0.1, -0.05) is 19.1 Å². The highest BCUT2D eigenvalue weighted by molar-refractivity contribution is 5.97. The molecule has 0 bridgehead atoms. The van der Waals surface area contributed by atoms with E-state index in [-0.39, 0.29) is 12.3 Å². The predicted molar refractivity (Wildman–Crippen MR) is 112 cm³/mol. The number of anilines is 1. The van der Waals surface area contributed by atoms with E-state index in [0.29, 0.717) is 29.3 Å². The Bertz CT molecular complexity index is 997. The number of benzene rings is 2. The van der Waals surface area contributed by atoms with Crippen molar-refractivity contribution < 1.29 is 19.0 Å². The molecule has 0 aliphatic carbocycles. The zero-order chi connectivity index (χ0) is 20.8. The molecule has 0 aliphatic rings. The Kier molecular flexibility index (Phi) is 6.39. The fraction of sp³-hybridized carbons (Fsp3) is 0.273. The van der Waals surface area contributed by atoms with Crippen molar-refractivity contribution in [2.24, 2.45) is 0 Å².